The Morgan fingerprint density at radius 3 is 2.77 bits per heavy atom. The first-order valence-corrected chi connectivity index (χ1v) is 15.3. The van der Waals surface area contributed by atoms with Gasteiger partial charge in [-0.25, -0.2) is 18.2 Å². The molecule has 0 radical (unpaired) electrons. The molecule has 3 aliphatic carbocycles. The van der Waals surface area contributed by atoms with Gasteiger partial charge in [0.25, 0.3) is 0 Å². The van der Waals surface area contributed by atoms with Crippen LogP contribution in [0.1, 0.15) is 61.4 Å². The number of hydrogen-bond acceptors (Lipinski definition) is 5. The van der Waals surface area contributed by atoms with Gasteiger partial charge in [0, 0.05) is 55.1 Å². The van der Waals surface area contributed by atoms with Crippen LogP contribution in [-0.4, -0.2) is 75.1 Å². The normalized spacial score (nSPS) is 28.8. The number of hydrogen-bond donors (Lipinski definition) is 1. The van der Waals surface area contributed by atoms with Crippen LogP contribution in [0.5, 0.6) is 0 Å². The fourth-order valence-corrected chi connectivity index (χ4v) is 8.05. The second-order valence-electron chi connectivity index (χ2n) is 12.9. The average Bonchev–Trinajstić information content (AvgIpc) is 3.70. The Kier molecular flexibility index (Phi) is 6.92. The molecule has 2 fully saturated rings. The number of allylic oxidation sites excluding steroid dienone is 2. The first-order chi connectivity index (χ1) is 21.2. The monoisotopic (exact) mass is 601 g/mol. The SMILES string of the molecule is C[C@@]1(C2=CC(F)CC(F)=C2)CN(CCF)C2(CCCC2)C(=O)N1CC#Cc1cnc2c(c1)C[C@@]1(C2)C(=O)Nc2ncccc21. The third kappa shape index (κ3) is 4.39. The van der Waals surface area contributed by atoms with Gasteiger partial charge in [0.05, 0.1) is 17.5 Å². The highest BCUT2D eigenvalue weighted by Gasteiger charge is 2.58. The Morgan fingerprint density at radius 2 is 2.00 bits per heavy atom. The van der Waals surface area contributed by atoms with Crippen LogP contribution in [0.15, 0.2) is 54.1 Å². The van der Waals surface area contributed by atoms with Crippen LogP contribution in [0.3, 0.4) is 0 Å². The number of carbonyl (C=O) groups excluding carboxylic acids is 2. The van der Waals surface area contributed by atoms with Crippen molar-refractivity contribution < 1.29 is 22.8 Å². The van der Waals surface area contributed by atoms with E-state index in [9.17, 15) is 22.8 Å². The fraction of sp³-hybridized carbons (Fsp3) is 0.471. The molecule has 3 atom stereocenters. The minimum atomic E-state index is -1.50. The van der Waals surface area contributed by atoms with Crippen LogP contribution < -0.4 is 5.32 Å². The summed E-state index contributed by atoms with van der Waals surface area (Å²) in [4.78, 5) is 39.9. The summed E-state index contributed by atoms with van der Waals surface area (Å²) in [7, 11) is 0. The molecule has 2 aliphatic heterocycles. The highest BCUT2D eigenvalue weighted by molar-refractivity contribution is 6.06. The van der Waals surface area contributed by atoms with Crippen LogP contribution in [0.4, 0.5) is 19.0 Å². The molecule has 0 aromatic carbocycles. The van der Waals surface area contributed by atoms with Crippen molar-refractivity contribution in [2.24, 2.45) is 0 Å². The summed E-state index contributed by atoms with van der Waals surface area (Å²) in [5.41, 5.74) is 1.01. The Hall–Kier alpha value is -3.97. The van der Waals surface area contributed by atoms with Crippen LogP contribution in [-0.2, 0) is 27.8 Å². The van der Waals surface area contributed by atoms with Gasteiger partial charge in [0.1, 0.15) is 30.0 Å². The summed E-state index contributed by atoms with van der Waals surface area (Å²) in [6, 6.07) is 5.71. The van der Waals surface area contributed by atoms with Crippen molar-refractivity contribution in [1.29, 1.82) is 0 Å². The third-order valence-electron chi connectivity index (χ3n) is 10.3. The molecule has 2 aromatic heterocycles. The van der Waals surface area contributed by atoms with Gasteiger partial charge in [-0.15, -0.1) is 0 Å². The summed E-state index contributed by atoms with van der Waals surface area (Å²) in [5, 5.41) is 2.90. The van der Waals surface area contributed by atoms with E-state index in [1.807, 2.05) is 23.1 Å². The lowest BCUT2D eigenvalue weighted by Gasteiger charge is -2.56. The maximum absolute atomic E-state index is 14.6. The molecule has 1 N–H and O–H groups in total. The van der Waals surface area contributed by atoms with E-state index in [2.05, 4.69) is 27.1 Å². The number of anilines is 1. The molecule has 2 spiro atoms. The van der Waals surface area contributed by atoms with E-state index in [-0.39, 0.29) is 37.9 Å². The largest absolute Gasteiger partial charge is 0.319 e. The number of nitrogens with zero attached hydrogens (tertiary/aromatic N) is 4. The number of carbonyl (C=O) groups is 2. The summed E-state index contributed by atoms with van der Waals surface area (Å²) >= 11 is 0. The number of halogens is 3. The molecular formula is C34H34F3N5O2. The fourth-order valence-electron chi connectivity index (χ4n) is 8.05. The second kappa shape index (κ2) is 10.6. The lowest BCUT2D eigenvalue weighted by Crippen LogP contribution is -2.73. The molecule has 1 unspecified atom stereocenters. The van der Waals surface area contributed by atoms with Gasteiger partial charge in [-0.2, -0.15) is 0 Å². The third-order valence-corrected chi connectivity index (χ3v) is 10.3. The molecule has 44 heavy (non-hydrogen) atoms. The Morgan fingerprint density at radius 1 is 1.18 bits per heavy atom. The predicted octanol–water partition coefficient (Wildman–Crippen LogP) is 4.52. The second-order valence-corrected chi connectivity index (χ2v) is 12.9. The van der Waals surface area contributed by atoms with Crippen LogP contribution in [0, 0.1) is 11.8 Å². The van der Waals surface area contributed by atoms with E-state index >= 15 is 0 Å². The van der Waals surface area contributed by atoms with Gasteiger partial charge in [-0.3, -0.25) is 19.5 Å². The number of alkyl halides is 2. The average molecular weight is 602 g/mol. The summed E-state index contributed by atoms with van der Waals surface area (Å²) < 4.78 is 42.9. The maximum Gasteiger partial charge on any atom is 0.244 e. The first-order valence-electron chi connectivity index (χ1n) is 15.3. The van der Waals surface area contributed by atoms with E-state index in [0.717, 1.165) is 29.7 Å². The number of amides is 2. The zero-order valence-corrected chi connectivity index (χ0v) is 24.6. The van der Waals surface area contributed by atoms with Crippen LogP contribution in [0.2, 0.25) is 0 Å². The van der Waals surface area contributed by atoms with Gasteiger partial charge in [-0.05, 0) is 61.6 Å². The van der Waals surface area contributed by atoms with Crippen LogP contribution >= 0.6 is 0 Å². The smallest absolute Gasteiger partial charge is 0.244 e. The molecule has 4 heterocycles. The number of piperazine rings is 1. The van der Waals surface area contributed by atoms with Gasteiger partial charge < -0.3 is 10.2 Å². The Labute approximate surface area is 254 Å². The van der Waals surface area contributed by atoms with Crippen LogP contribution in [0.25, 0.3) is 0 Å². The molecule has 228 valence electrons. The predicted molar refractivity (Wildman–Crippen MR) is 159 cm³/mol. The number of pyridine rings is 2. The van der Waals surface area contributed by atoms with Crippen molar-refractivity contribution in [2.75, 3.05) is 31.6 Å². The van der Waals surface area contributed by atoms with Crippen molar-refractivity contribution in [1.82, 2.24) is 19.8 Å². The lowest BCUT2D eigenvalue weighted by atomic mass is 9.77. The van der Waals surface area contributed by atoms with E-state index in [4.69, 9.17) is 0 Å². The number of aromatic nitrogens is 2. The van der Waals surface area contributed by atoms with Crippen molar-refractivity contribution in [3.05, 3.63) is 76.5 Å². The molecule has 7 nitrogen and oxygen atoms in total. The molecule has 1 saturated heterocycles. The summed E-state index contributed by atoms with van der Waals surface area (Å²) in [6.45, 7) is 1.56. The molecule has 5 aliphatic rings. The summed E-state index contributed by atoms with van der Waals surface area (Å²) in [5.74, 6) is 6.05. The van der Waals surface area contributed by atoms with Gasteiger partial charge in [0.15, 0.2) is 0 Å². The number of rotatable bonds is 4. The quantitative estimate of drug-likeness (QED) is 0.522. The minimum absolute atomic E-state index is 0.0345. The van der Waals surface area contributed by atoms with Crippen molar-refractivity contribution in [2.45, 2.75) is 74.5 Å². The van der Waals surface area contributed by atoms with Gasteiger partial charge in [-0.1, -0.05) is 30.7 Å². The Balaban J connectivity index is 1.19. The van der Waals surface area contributed by atoms with Crippen molar-refractivity contribution in [3.8, 4) is 11.8 Å². The molecule has 2 amide bonds. The minimum Gasteiger partial charge on any atom is -0.319 e. The van der Waals surface area contributed by atoms with E-state index in [1.165, 1.54) is 12.2 Å². The zero-order chi connectivity index (χ0) is 30.7. The lowest BCUT2D eigenvalue weighted by molar-refractivity contribution is -0.160. The molecular weight excluding hydrogens is 567 g/mol. The molecule has 0 bridgehead atoms. The molecule has 1 saturated carbocycles. The maximum atomic E-state index is 14.6. The molecule has 7 rings (SSSR count). The highest BCUT2D eigenvalue weighted by atomic mass is 19.1. The Bertz CT molecular complexity index is 1670. The topological polar surface area (TPSA) is 78.4 Å². The van der Waals surface area contributed by atoms with Gasteiger partial charge >= 0.3 is 0 Å². The van der Waals surface area contributed by atoms with E-state index in [1.54, 1.807) is 24.2 Å². The highest BCUT2D eigenvalue weighted by Crippen LogP contribution is 2.47. The van der Waals surface area contributed by atoms with E-state index < -0.39 is 35.2 Å². The molecule has 2 aromatic rings. The van der Waals surface area contributed by atoms with E-state index in [0.29, 0.717) is 42.6 Å². The molecule has 10 heteroatoms. The number of nitrogens with one attached hydrogen (secondary N) is 1. The summed E-state index contributed by atoms with van der Waals surface area (Å²) in [6.07, 6.45) is 8.11. The van der Waals surface area contributed by atoms with Crippen molar-refractivity contribution in [3.63, 3.8) is 0 Å². The first kappa shape index (κ1) is 28.8. The zero-order valence-electron chi connectivity index (χ0n) is 24.6. The number of fused-ring (bicyclic) bond motifs is 3. The van der Waals surface area contributed by atoms with Crippen molar-refractivity contribution >= 4 is 17.6 Å². The standard InChI is InChI=1S/C34H34F3N5O2/c1-32(24-15-25(36)17-26(37)16-24)21-41(13-10-35)34(8-2-3-9-34)31(44)42(32)12-5-6-22-14-23-18-33(19-28(23)39-20-22)27-7-4-11-38-29(27)40-30(33)43/h4,7,11,14-16,20,25H,2-3,8-10,12-13,17-19,21H2,1H3,(H,38,40,43)/t25?,32-,33-/m0/s1. The van der Waals surface area contributed by atoms with Gasteiger partial charge in [0.2, 0.25) is 11.8 Å².